The average molecular weight is 811 g/mol. The van der Waals surface area contributed by atoms with Crippen LogP contribution in [0.5, 0.6) is 0 Å². The van der Waals surface area contributed by atoms with Gasteiger partial charge in [0.05, 0.1) is 48.1 Å². The number of imidazole rings is 2. The number of aliphatic hydroxyl groups is 2. The Bertz CT molecular complexity index is 2300. The summed E-state index contributed by atoms with van der Waals surface area (Å²) < 4.78 is 0. The summed E-state index contributed by atoms with van der Waals surface area (Å²) in [4.78, 5) is 69.5. The maximum absolute atomic E-state index is 13.8. The highest BCUT2D eigenvalue weighted by molar-refractivity contribution is 5.88. The molecule has 0 saturated carbocycles. The fourth-order valence-electron chi connectivity index (χ4n) is 8.07. The second-order valence-electron chi connectivity index (χ2n) is 14.9. The SMILES string of the molecule is O=C(O)N[C@@H](C(=O)N1C[C@@H](O)C[C@H]1c1ncc(-c2ccc(-c3ccc(-c4cnc([C@@H]5C[C@H](O)CN5C(=O)[C@H](NC(=O)O)c5ccccc5)[nH]4)cc3)cc2)[nH]1)c1ccccc1. The molecule has 6 aromatic rings. The summed E-state index contributed by atoms with van der Waals surface area (Å²) in [6.07, 6.45) is -0.456. The van der Waals surface area contributed by atoms with Crippen LogP contribution in [0.2, 0.25) is 0 Å². The number of aromatic nitrogens is 4. The maximum Gasteiger partial charge on any atom is 0.405 e. The summed E-state index contributed by atoms with van der Waals surface area (Å²) in [7, 11) is 0. The van der Waals surface area contributed by atoms with Gasteiger partial charge in [0, 0.05) is 25.9 Å². The molecule has 2 fully saturated rings. The van der Waals surface area contributed by atoms with Gasteiger partial charge in [0.15, 0.2) is 0 Å². The molecule has 0 unspecified atom stereocenters. The molecule has 0 radical (unpaired) electrons. The van der Waals surface area contributed by atoms with Gasteiger partial charge in [-0.15, -0.1) is 0 Å². The minimum Gasteiger partial charge on any atom is -0.465 e. The molecule has 16 nitrogen and oxygen atoms in total. The molecule has 8 rings (SSSR count). The highest BCUT2D eigenvalue weighted by Gasteiger charge is 2.42. The van der Waals surface area contributed by atoms with E-state index in [1.807, 2.05) is 48.5 Å². The zero-order chi connectivity index (χ0) is 41.9. The lowest BCUT2D eigenvalue weighted by atomic mass is 10.0. The van der Waals surface area contributed by atoms with Crippen molar-refractivity contribution >= 4 is 24.0 Å². The van der Waals surface area contributed by atoms with Crippen molar-refractivity contribution in [2.45, 2.75) is 49.2 Å². The average Bonchev–Trinajstić information content (AvgIpc) is 4.09. The van der Waals surface area contributed by atoms with Gasteiger partial charge in [0.25, 0.3) is 11.8 Å². The molecular weight excluding hydrogens is 769 g/mol. The maximum atomic E-state index is 13.8. The predicted octanol–water partition coefficient (Wildman–Crippen LogP) is 5.42. The van der Waals surface area contributed by atoms with Gasteiger partial charge in [-0.1, -0.05) is 109 Å². The molecule has 2 aromatic heterocycles. The smallest absolute Gasteiger partial charge is 0.405 e. The van der Waals surface area contributed by atoms with Crippen LogP contribution in [0.3, 0.4) is 0 Å². The molecule has 16 heteroatoms. The van der Waals surface area contributed by atoms with Gasteiger partial charge in [0.2, 0.25) is 0 Å². The van der Waals surface area contributed by atoms with Gasteiger partial charge in [-0.3, -0.25) is 9.59 Å². The number of carbonyl (C=O) groups is 4. The van der Waals surface area contributed by atoms with Crippen molar-refractivity contribution in [2.24, 2.45) is 0 Å². The molecule has 2 aliphatic heterocycles. The molecule has 0 aliphatic carbocycles. The fraction of sp³-hybridized carbons (Fsp3) is 0.227. The summed E-state index contributed by atoms with van der Waals surface area (Å²) in [6, 6.07) is 29.4. The molecule has 4 heterocycles. The standard InChI is InChI=1S/C44H42N8O8/c53-31-19-35(51(23-31)41(55)37(49-43(57)58)29-7-3-1-4-8-29)39-45-21-33(47-39)27-15-11-25(12-16-27)26-13-17-28(18-14-26)34-22-46-40(48-34)36-20-32(54)24-52(36)42(56)38(50-44(59)60)30-9-5-2-6-10-30/h1-18,21-22,31-32,35-38,49-50,53-54H,19-20,23-24H2,(H,45,47)(H,46,48)(H,57,58)(H,59,60)/t31-,32-,35-,36-,37+,38+/m0/s1. The molecule has 4 amide bonds. The molecule has 6 atom stereocenters. The third-order valence-corrected chi connectivity index (χ3v) is 11.0. The number of aromatic amines is 2. The van der Waals surface area contributed by atoms with Crippen LogP contribution in [0.15, 0.2) is 122 Å². The Morgan fingerprint density at radius 1 is 0.550 bits per heavy atom. The lowest BCUT2D eigenvalue weighted by Crippen LogP contribution is -2.43. The number of H-pyrrole nitrogens is 2. The monoisotopic (exact) mass is 810 g/mol. The highest BCUT2D eigenvalue weighted by atomic mass is 16.4. The minimum atomic E-state index is -1.34. The molecule has 0 bridgehead atoms. The molecule has 0 spiro atoms. The number of β-amino-alcohol motifs (C(OH)–C–C–N with tert-alkyl or cyclic N) is 2. The van der Waals surface area contributed by atoms with E-state index < -0.39 is 60.4 Å². The molecule has 2 saturated heterocycles. The van der Waals surface area contributed by atoms with E-state index in [9.17, 15) is 39.6 Å². The zero-order valence-corrected chi connectivity index (χ0v) is 32.1. The van der Waals surface area contributed by atoms with Gasteiger partial charge >= 0.3 is 12.2 Å². The number of aliphatic hydroxyl groups excluding tert-OH is 2. The zero-order valence-electron chi connectivity index (χ0n) is 32.1. The lowest BCUT2D eigenvalue weighted by molar-refractivity contribution is -0.135. The lowest BCUT2D eigenvalue weighted by Gasteiger charge is -2.28. The Morgan fingerprint density at radius 2 is 0.900 bits per heavy atom. The van der Waals surface area contributed by atoms with Crippen molar-refractivity contribution < 1.29 is 39.6 Å². The van der Waals surface area contributed by atoms with Crippen molar-refractivity contribution in [1.82, 2.24) is 40.4 Å². The van der Waals surface area contributed by atoms with Gasteiger partial charge in [-0.05, 0) is 33.4 Å². The first-order valence-corrected chi connectivity index (χ1v) is 19.4. The van der Waals surface area contributed by atoms with Crippen LogP contribution in [0, 0.1) is 0 Å². The number of hydrogen-bond donors (Lipinski definition) is 8. The fourth-order valence-corrected chi connectivity index (χ4v) is 8.07. The first-order valence-electron chi connectivity index (χ1n) is 19.4. The number of carbonyl (C=O) groups excluding carboxylic acids is 2. The number of nitrogens with one attached hydrogen (secondary N) is 4. The quantitative estimate of drug-likeness (QED) is 0.0827. The second-order valence-corrected chi connectivity index (χ2v) is 14.9. The van der Waals surface area contributed by atoms with Crippen LogP contribution in [0.4, 0.5) is 9.59 Å². The molecule has 4 aromatic carbocycles. The molecule has 306 valence electrons. The van der Waals surface area contributed by atoms with Crippen LogP contribution in [-0.4, -0.2) is 99.5 Å². The Morgan fingerprint density at radius 3 is 1.25 bits per heavy atom. The topological polar surface area (TPSA) is 237 Å². The van der Waals surface area contributed by atoms with E-state index in [2.05, 4.69) is 30.6 Å². The number of amides is 4. The second kappa shape index (κ2) is 16.9. The van der Waals surface area contributed by atoms with Crippen molar-refractivity contribution in [1.29, 1.82) is 0 Å². The molecule has 8 N–H and O–H groups in total. The minimum absolute atomic E-state index is 0.0348. The van der Waals surface area contributed by atoms with Crippen molar-refractivity contribution in [3.8, 4) is 33.6 Å². The van der Waals surface area contributed by atoms with Gasteiger partial charge in [-0.2, -0.15) is 0 Å². The van der Waals surface area contributed by atoms with E-state index in [0.29, 0.717) is 34.2 Å². The van der Waals surface area contributed by atoms with Crippen LogP contribution >= 0.6 is 0 Å². The third-order valence-electron chi connectivity index (χ3n) is 11.0. The predicted molar refractivity (Wildman–Crippen MR) is 218 cm³/mol. The normalized spacial score (nSPS) is 19.8. The number of benzene rings is 4. The van der Waals surface area contributed by atoms with E-state index in [1.165, 1.54) is 9.80 Å². The third kappa shape index (κ3) is 8.32. The Hall–Kier alpha value is -7.30. The molecule has 2 aliphatic rings. The van der Waals surface area contributed by atoms with Gasteiger partial charge in [0.1, 0.15) is 23.7 Å². The van der Waals surface area contributed by atoms with Crippen molar-refractivity contribution in [2.75, 3.05) is 13.1 Å². The summed E-state index contributed by atoms with van der Waals surface area (Å²) in [5.74, 6) is -0.00586. The van der Waals surface area contributed by atoms with Crippen LogP contribution in [0.1, 0.15) is 59.8 Å². The Labute approximate surface area is 343 Å². The molecule has 60 heavy (non-hydrogen) atoms. The van der Waals surface area contributed by atoms with Crippen LogP contribution in [0.25, 0.3) is 33.6 Å². The van der Waals surface area contributed by atoms with Crippen molar-refractivity contribution in [3.63, 3.8) is 0 Å². The Kier molecular flexibility index (Phi) is 11.1. The number of carboxylic acid groups (broad SMARTS) is 2. The summed E-state index contributed by atoms with van der Waals surface area (Å²) >= 11 is 0. The summed E-state index contributed by atoms with van der Waals surface area (Å²) in [5.41, 5.74) is 6.02. The van der Waals surface area contributed by atoms with Crippen LogP contribution < -0.4 is 10.6 Å². The van der Waals surface area contributed by atoms with E-state index in [0.717, 1.165) is 22.3 Å². The van der Waals surface area contributed by atoms with E-state index >= 15 is 0 Å². The summed E-state index contributed by atoms with van der Waals surface area (Å²) in [5, 5.41) is 44.8. The Balaban J connectivity index is 0.945. The number of rotatable bonds is 11. The van der Waals surface area contributed by atoms with Gasteiger partial charge < -0.3 is 50.8 Å². The largest absolute Gasteiger partial charge is 0.465 e. The van der Waals surface area contributed by atoms with Crippen LogP contribution in [-0.2, 0) is 9.59 Å². The van der Waals surface area contributed by atoms with E-state index in [4.69, 9.17) is 0 Å². The number of hydrogen-bond acceptors (Lipinski definition) is 8. The number of likely N-dealkylation sites (tertiary alicyclic amines) is 2. The van der Waals surface area contributed by atoms with E-state index in [1.54, 1.807) is 73.1 Å². The molecular formula is C44H42N8O8. The number of nitrogens with zero attached hydrogens (tertiary/aromatic N) is 4. The first kappa shape index (κ1) is 39.5. The van der Waals surface area contributed by atoms with Gasteiger partial charge in [-0.25, -0.2) is 19.6 Å². The highest BCUT2D eigenvalue weighted by Crippen LogP contribution is 2.36. The van der Waals surface area contributed by atoms with Crippen molar-refractivity contribution in [3.05, 3.63) is 144 Å². The van der Waals surface area contributed by atoms with E-state index in [-0.39, 0.29) is 25.9 Å². The first-order chi connectivity index (χ1) is 29.0. The summed E-state index contributed by atoms with van der Waals surface area (Å²) in [6.45, 7) is 0.0697.